The minimum atomic E-state index is -4.20. The van der Waals surface area contributed by atoms with Crippen molar-refractivity contribution in [2.75, 3.05) is 16.7 Å². The van der Waals surface area contributed by atoms with Crippen LogP contribution in [-0.2, 0) is 19.6 Å². The van der Waals surface area contributed by atoms with Crippen LogP contribution >= 0.6 is 0 Å². The molecular weight excluding hydrogens is 482 g/mol. The van der Waals surface area contributed by atoms with Gasteiger partial charge in [-0.2, -0.15) is 0 Å². The van der Waals surface area contributed by atoms with Gasteiger partial charge >= 0.3 is 0 Å². The van der Waals surface area contributed by atoms with Crippen LogP contribution in [0.25, 0.3) is 0 Å². The summed E-state index contributed by atoms with van der Waals surface area (Å²) in [4.78, 5) is 38.3. The summed E-state index contributed by atoms with van der Waals surface area (Å²) in [5.41, 5.74) is 1.18. The molecule has 1 saturated heterocycles. The number of anilines is 2. The van der Waals surface area contributed by atoms with Gasteiger partial charge in [0.1, 0.15) is 5.75 Å². The van der Waals surface area contributed by atoms with Crippen LogP contribution in [0.4, 0.5) is 11.4 Å². The van der Waals surface area contributed by atoms with Gasteiger partial charge < -0.3 is 10.1 Å². The quantitative estimate of drug-likeness (QED) is 0.449. The first kappa shape index (κ1) is 24.9. The Morgan fingerprint density at radius 2 is 1.58 bits per heavy atom. The average molecular weight is 508 g/mol. The van der Waals surface area contributed by atoms with Crippen LogP contribution in [0.2, 0.25) is 0 Å². The lowest BCUT2D eigenvalue weighted by atomic mass is 10.1. The van der Waals surface area contributed by atoms with Gasteiger partial charge in [-0.3, -0.25) is 19.1 Å². The van der Waals surface area contributed by atoms with Gasteiger partial charge in [0.05, 0.1) is 35.0 Å². The topological polar surface area (TPSA) is 122 Å². The number of imide groups is 1. The van der Waals surface area contributed by atoms with E-state index in [1.54, 1.807) is 12.1 Å². The van der Waals surface area contributed by atoms with Gasteiger partial charge in [-0.1, -0.05) is 42.5 Å². The molecule has 0 bridgehead atoms. The molecule has 2 N–H and O–H groups in total. The Morgan fingerprint density at radius 1 is 0.944 bits per heavy atom. The van der Waals surface area contributed by atoms with E-state index in [9.17, 15) is 22.8 Å². The molecule has 0 saturated carbocycles. The number of ether oxygens (including phenoxy) is 1. The number of amides is 3. The summed E-state index contributed by atoms with van der Waals surface area (Å²) in [6.07, 6.45) is 0.0855. The number of nitrogens with one attached hydrogen (secondary N) is 2. The first-order chi connectivity index (χ1) is 17.2. The maximum Gasteiger partial charge on any atom is 0.261 e. The number of methoxy groups -OCH3 is 1. The smallest absolute Gasteiger partial charge is 0.261 e. The van der Waals surface area contributed by atoms with Crippen molar-refractivity contribution < 1.29 is 27.5 Å². The molecule has 10 heteroatoms. The van der Waals surface area contributed by atoms with Gasteiger partial charge in [0.2, 0.25) is 11.8 Å². The Kier molecular flexibility index (Phi) is 7.07. The molecule has 3 aromatic rings. The lowest BCUT2D eigenvalue weighted by Crippen LogP contribution is -2.29. The first-order valence-corrected chi connectivity index (χ1v) is 12.7. The third-order valence-electron chi connectivity index (χ3n) is 5.82. The van der Waals surface area contributed by atoms with E-state index in [0.29, 0.717) is 0 Å². The molecule has 1 aliphatic heterocycles. The maximum absolute atomic E-state index is 13.3. The minimum absolute atomic E-state index is 0.0428. The summed E-state index contributed by atoms with van der Waals surface area (Å²) < 4.78 is 34.3. The van der Waals surface area contributed by atoms with Crippen molar-refractivity contribution in [3.8, 4) is 5.75 Å². The van der Waals surface area contributed by atoms with Crippen LogP contribution in [0.3, 0.4) is 0 Å². The average Bonchev–Trinajstić information content (AvgIpc) is 3.21. The van der Waals surface area contributed by atoms with E-state index >= 15 is 0 Å². The number of rotatable bonds is 8. The molecule has 36 heavy (non-hydrogen) atoms. The molecular formula is C26H25N3O6S. The molecule has 186 valence electrons. The Balaban J connectivity index is 1.62. The second kappa shape index (κ2) is 10.2. The normalized spacial score (nSPS) is 14.4. The summed E-state index contributed by atoms with van der Waals surface area (Å²) in [6, 6.07) is 19.2. The van der Waals surface area contributed by atoms with Crippen molar-refractivity contribution in [1.29, 1.82) is 0 Å². The van der Waals surface area contributed by atoms with Crippen molar-refractivity contribution in [2.24, 2.45) is 0 Å². The van der Waals surface area contributed by atoms with Gasteiger partial charge in [0, 0.05) is 12.8 Å². The second-order valence-electron chi connectivity index (χ2n) is 8.21. The Hall–Kier alpha value is -4.18. The van der Waals surface area contributed by atoms with Gasteiger partial charge in [-0.05, 0) is 42.8 Å². The summed E-state index contributed by atoms with van der Waals surface area (Å²) in [5, 5.41) is 2.88. The fraction of sp³-hybridized carbons (Fsp3) is 0.192. The monoisotopic (exact) mass is 507 g/mol. The van der Waals surface area contributed by atoms with E-state index in [2.05, 4.69) is 10.0 Å². The predicted octanol–water partition coefficient (Wildman–Crippen LogP) is 3.64. The third-order valence-corrected chi connectivity index (χ3v) is 7.18. The number of hydrogen-bond donors (Lipinski definition) is 2. The number of benzene rings is 3. The summed E-state index contributed by atoms with van der Waals surface area (Å²) in [7, 11) is -2.83. The van der Waals surface area contributed by atoms with Crippen LogP contribution in [0.15, 0.2) is 77.7 Å². The molecule has 1 atom stereocenters. The second-order valence-corrected chi connectivity index (χ2v) is 9.90. The van der Waals surface area contributed by atoms with Gasteiger partial charge in [-0.15, -0.1) is 0 Å². The summed E-state index contributed by atoms with van der Waals surface area (Å²) in [5.74, 6) is -1.13. The van der Waals surface area contributed by atoms with Gasteiger partial charge in [-0.25, -0.2) is 13.3 Å². The summed E-state index contributed by atoms with van der Waals surface area (Å²) >= 11 is 0. The fourth-order valence-corrected chi connectivity index (χ4v) is 5.03. The van der Waals surface area contributed by atoms with Crippen molar-refractivity contribution in [2.45, 2.75) is 30.7 Å². The third kappa shape index (κ3) is 5.08. The highest BCUT2D eigenvalue weighted by molar-refractivity contribution is 7.92. The molecule has 1 fully saturated rings. The maximum atomic E-state index is 13.3. The SMILES string of the molecule is COc1ccc(S(=O)(=O)Nc2ccccc2C(=O)N[C@H](C)c2ccccc2)cc1N1C(=O)CCC1=O. The van der Waals surface area contributed by atoms with Crippen LogP contribution in [0, 0.1) is 0 Å². The molecule has 9 nitrogen and oxygen atoms in total. The van der Waals surface area contributed by atoms with E-state index in [1.807, 2.05) is 37.3 Å². The zero-order valence-corrected chi connectivity index (χ0v) is 20.5. The molecule has 0 unspecified atom stereocenters. The number of para-hydroxylation sites is 1. The first-order valence-electron chi connectivity index (χ1n) is 11.2. The van der Waals surface area contributed by atoms with Crippen molar-refractivity contribution >= 4 is 39.1 Å². The largest absolute Gasteiger partial charge is 0.495 e. The van der Waals surface area contributed by atoms with E-state index in [1.165, 1.54) is 37.4 Å². The van der Waals surface area contributed by atoms with Crippen LogP contribution in [-0.4, -0.2) is 33.2 Å². The van der Waals surface area contributed by atoms with Crippen molar-refractivity contribution in [3.05, 3.63) is 83.9 Å². The molecule has 0 aromatic heterocycles. The number of carbonyl (C=O) groups is 3. The molecule has 3 amide bonds. The Labute approximate surface area is 209 Å². The highest BCUT2D eigenvalue weighted by Gasteiger charge is 2.33. The molecule has 0 radical (unpaired) electrons. The minimum Gasteiger partial charge on any atom is -0.495 e. The number of nitrogens with zero attached hydrogens (tertiary/aromatic N) is 1. The molecule has 1 aliphatic rings. The number of sulfonamides is 1. The zero-order chi connectivity index (χ0) is 25.9. The van der Waals surface area contributed by atoms with Crippen LogP contribution < -0.4 is 19.7 Å². The van der Waals surface area contributed by atoms with E-state index < -0.39 is 27.7 Å². The van der Waals surface area contributed by atoms with Gasteiger partial charge in [0.25, 0.3) is 15.9 Å². The van der Waals surface area contributed by atoms with Crippen LogP contribution in [0.5, 0.6) is 5.75 Å². The number of carbonyl (C=O) groups excluding carboxylic acids is 3. The highest BCUT2D eigenvalue weighted by atomic mass is 32.2. The van der Waals surface area contributed by atoms with E-state index in [-0.39, 0.29) is 46.5 Å². The lowest BCUT2D eigenvalue weighted by molar-refractivity contribution is -0.121. The standard InChI is InChI=1S/C26H25N3O6S/c1-17(18-8-4-3-5-9-18)27-26(32)20-10-6-7-11-21(20)28-36(33,34)19-12-13-23(35-2)22(16-19)29-24(30)14-15-25(29)31/h3-13,16-17,28H,14-15H2,1-2H3,(H,27,32)/t17-/m1/s1. The molecule has 0 spiro atoms. The Morgan fingerprint density at radius 3 is 2.25 bits per heavy atom. The highest BCUT2D eigenvalue weighted by Crippen LogP contribution is 2.35. The molecule has 0 aliphatic carbocycles. The number of hydrogen-bond acceptors (Lipinski definition) is 6. The van der Waals surface area contributed by atoms with Crippen LogP contribution in [0.1, 0.15) is 41.7 Å². The fourth-order valence-electron chi connectivity index (χ4n) is 3.93. The summed E-state index contributed by atoms with van der Waals surface area (Å²) in [6.45, 7) is 1.83. The molecule has 1 heterocycles. The van der Waals surface area contributed by atoms with Crippen molar-refractivity contribution in [3.63, 3.8) is 0 Å². The van der Waals surface area contributed by atoms with Crippen molar-refractivity contribution in [1.82, 2.24) is 5.32 Å². The molecule has 3 aromatic carbocycles. The van der Waals surface area contributed by atoms with Gasteiger partial charge in [0.15, 0.2) is 0 Å². The molecule has 4 rings (SSSR count). The Bertz CT molecular complexity index is 1410. The van der Waals surface area contributed by atoms with E-state index in [0.717, 1.165) is 10.5 Å². The van der Waals surface area contributed by atoms with E-state index in [4.69, 9.17) is 4.74 Å². The zero-order valence-electron chi connectivity index (χ0n) is 19.7. The predicted molar refractivity (Wildman–Crippen MR) is 134 cm³/mol. The lowest BCUT2D eigenvalue weighted by Gasteiger charge is -2.19.